The lowest BCUT2D eigenvalue weighted by Crippen LogP contribution is -2.47. The summed E-state index contributed by atoms with van der Waals surface area (Å²) in [5.74, 6) is 0.785. The quantitative estimate of drug-likeness (QED) is 0.199. The van der Waals surface area contributed by atoms with Gasteiger partial charge in [-0.05, 0) is 53.6 Å². The normalized spacial score (nSPS) is 16.4. The summed E-state index contributed by atoms with van der Waals surface area (Å²) < 4.78 is 11.2. The van der Waals surface area contributed by atoms with Crippen LogP contribution in [0.15, 0.2) is 173 Å². The van der Waals surface area contributed by atoms with Gasteiger partial charge in [-0.3, -0.25) is 9.88 Å². The summed E-state index contributed by atoms with van der Waals surface area (Å²) >= 11 is 0. The second-order valence-corrected chi connectivity index (χ2v) is 13.2. The molecule has 0 radical (unpaired) electrons. The second kappa shape index (κ2) is 10.9. The second-order valence-electron chi connectivity index (χ2n) is 13.2. The fourth-order valence-corrected chi connectivity index (χ4v) is 8.22. The van der Waals surface area contributed by atoms with Gasteiger partial charge >= 0.3 is 0 Å². The Balaban J connectivity index is 1.31. The molecule has 6 heteroatoms. The highest BCUT2D eigenvalue weighted by molar-refractivity contribution is 6.34. The van der Waals surface area contributed by atoms with Crippen LogP contribution in [-0.4, -0.2) is 15.1 Å². The molecule has 6 nitrogen and oxygen atoms in total. The van der Waals surface area contributed by atoms with Crippen LogP contribution in [-0.2, 0) is 0 Å². The highest BCUT2D eigenvalue weighted by atomic mass is 16.3. The zero-order chi connectivity index (χ0) is 33.5. The van der Waals surface area contributed by atoms with Crippen molar-refractivity contribution in [2.75, 3.05) is 0 Å². The summed E-state index contributed by atoms with van der Waals surface area (Å²) in [6.07, 6.45) is -0.455. The Morgan fingerprint density at radius 1 is 0.471 bits per heavy atom. The Morgan fingerprint density at radius 2 is 1.12 bits per heavy atom. The largest absolute Gasteiger partial charge is 0.456 e. The molecule has 0 bridgehead atoms. The van der Waals surface area contributed by atoms with Gasteiger partial charge in [0.2, 0.25) is 5.96 Å². The molecule has 0 spiro atoms. The molecule has 0 amide bonds. The lowest BCUT2D eigenvalue weighted by molar-refractivity contribution is 0.403. The summed E-state index contributed by atoms with van der Waals surface area (Å²) in [6, 6.07) is 57.7. The molecule has 10 aromatic rings. The van der Waals surface area contributed by atoms with Gasteiger partial charge in [0.05, 0.1) is 22.1 Å². The van der Waals surface area contributed by atoms with Crippen LogP contribution in [0.25, 0.3) is 71.2 Å². The Kier molecular flexibility index (Phi) is 6.05. The Labute approximate surface area is 292 Å². The number of nitrogens with one attached hydrogen (secondary N) is 2. The molecule has 2 atom stereocenters. The van der Waals surface area contributed by atoms with Crippen molar-refractivity contribution >= 4 is 71.5 Å². The van der Waals surface area contributed by atoms with E-state index in [1.54, 1.807) is 0 Å². The van der Waals surface area contributed by atoms with Gasteiger partial charge in [0.1, 0.15) is 23.5 Å². The predicted octanol–water partition coefficient (Wildman–Crippen LogP) is 10.6. The van der Waals surface area contributed by atoms with Crippen molar-refractivity contribution in [3.05, 3.63) is 175 Å². The van der Waals surface area contributed by atoms with Crippen LogP contribution in [0.2, 0.25) is 0 Å². The van der Waals surface area contributed by atoms with Crippen LogP contribution in [0.1, 0.15) is 23.5 Å². The van der Waals surface area contributed by atoms with Crippen LogP contribution in [0.5, 0.6) is 0 Å². The fraction of sp³-hybridized carbons (Fsp3) is 0.0444. The number of hydrogen-bond donors (Lipinski definition) is 2. The molecule has 1 aliphatic heterocycles. The standard InChI is InChI=1S/C45H31N5O/c1-4-14-28(15-5-1)43-46-44(29-16-6-2-7-17-29)48-45(47-43)50-35-26-27-38-41(32-21-11-13-23-37(32)51-38)39(35)33-24-25-36-40(42(33)50)31-20-10-12-22-34(31)49(36)30-18-8-3-9-19-30/h1-27,43-44,46H,(H,47,48). The molecule has 7 aromatic carbocycles. The van der Waals surface area contributed by atoms with Crippen LogP contribution < -0.4 is 10.6 Å². The lowest BCUT2D eigenvalue weighted by atomic mass is 10.0. The Bertz CT molecular complexity index is 2970. The van der Waals surface area contributed by atoms with Crippen LogP contribution in [0.4, 0.5) is 0 Å². The Hall–Kier alpha value is -6.63. The summed E-state index contributed by atoms with van der Waals surface area (Å²) in [7, 11) is 0. The van der Waals surface area contributed by atoms with E-state index in [4.69, 9.17) is 9.41 Å². The first kappa shape index (κ1) is 28.2. The van der Waals surface area contributed by atoms with Gasteiger partial charge in [-0.2, -0.15) is 0 Å². The smallest absolute Gasteiger partial charge is 0.206 e. The van der Waals surface area contributed by atoms with Crippen molar-refractivity contribution in [3.63, 3.8) is 0 Å². The number of fused-ring (bicyclic) bond motifs is 11. The molecular formula is C45H31N5O. The molecule has 11 rings (SSSR count). The Morgan fingerprint density at radius 3 is 1.92 bits per heavy atom. The third-order valence-corrected chi connectivity index (χ3v) is 10.4. The number of hydrogen-bond acceptors (Lipinski definition) is 4. The van der Waals surface area contributed by atoms with Crippen LogP contribution in [0, 0.1) is 0 Å². The molecule has 2 N–H and O–H groups in total. The first-order valence-corrected chi connectivity index (χ1v) is 17.4. The zero-order valence-electron chi connectivity index (χ0n) is 27.5. The molecule has 51 heavy (non-hydrogen) atoms. The zero-order valence-corrected chi connectivity index (χ0v) is 27.5. The average molecular weight is 658 g/mol. The number of aromatic nitrogens is 2. The molecular weight excluding hydrogens is 627 g/mol. The van der Waals surface area contributed by atoms with Gasteiger partial charge < -0.3 is 14.3 Å². The van der Waals surface area contributed by atoms with Gasteiger partial charge in [-0.15, -0.1) is 0 Å². The monoisotopic (exact) mass is 657 g/mol. The van der Waals surface area contributed by atoms with Gasteiger partial charge in [0.25, 0.3) is 0 Å². The van der Waals surface area contributed by atoms with E-state index >= 15 is 0 Å². The topological polar surface area (TPSA) is 59.4 Å². The maximum atomic E-state index is 6.46. The minimum absolute atomic E-state index is 0.181. The van der Waals surface area contributed by atoms with E-state index < -0.39 is 0 Å². The first-order valence-electron chi connectivity index (χ1n) is 17.4. The first-order chi connectivity index (χ1) is 25.3. The number of aliphatic imine (C=N–C) groups is 1. The molecule has 0 saturated carbocycles. The van der Waals surface area contributed by atoms with E-state index in [0.29, 0.717) is 0 Å². The third-order valence-electron chi connectivity index (χ3n) is 10.4. The minimum atomic E-state index is -0.275. The van der Waals surface area contributed by atoms with E-state index in [1.165, 1.54) is 10.8 Å². The molecule has 242 valence electrons. The van der Waals surface area contributed by atoms with Crippen LogP contribution >= 0.6 is 0 Å². The highest BCUT2D eigenvalue weighted by Crippen LogP contribution is 2.45. The van der Waals surface area contributed by atoms with Gasteiger partial charge in [-0.1, -0.05) is 121 Å². The van der Waals surface area contributed by atoms with Crippen LogP contribution in [0.3, 0.4) is 0 Å². The predicted molar refractivity (Wildman–Crippen MR) is 209 cm³/mol. The summed E-state index contributed by atoms with van der Waals surface area (Å²) in [5, 5.41) is 14.5. The maximum Gasteiger partial charge on any atom is 0.206 e. The van der Waals surface area contributed by atoms with E-state index in [2.05, 4.69) is 177 Å². The number of benzene rings is 7. The van der Waals surface area contributed by atoms with E-state index in [-0.39, 0.29) is 12.3 Å². The van der Waals surface area contributed by atoms with Gasteiger partial charge in [0, 0.05) is 38.0 Å². The van der Waals surface area contributed by atoms with E-state index in [9.17, 15) is 0 Å². The van der Waals surface area contributed by atoms with Gasteiger partial charge in [-0.25, -0.2) is 4.99 Å². The molecule has 3 aromatic heterocycles. The van der Waals surface area contributed by atoms with Crippen molar-refractivity contribution in [1.82, 2.24) is 19.8 Å². The molecule has 1 aliphatic rings. The van der Waals surface area contributed by atoms with E-state index in [0.717, 1.165) is 77.6 Å². The maximum absolute atomic E-state index is 6.46. The molecule has 0 saturated heterocycles. The molecule has 4 heterocycles. The summed E-state index contributed by atoms with van der Waals surface area (Å²) in [4.78, 5) is 5.48. The van der Waals surface area contributed by atoms with Crippen molar-refractivity contribution < 1.29 is 4.42 Å². The molecule has 0 fully saturated rings. The number of furan rings is 1. The lowest BCUT2D eigenvalue weighted by Gasteiger charge is -2.32. The minimum Gasteiger partial charge on any atom is -0.456 e. The number of para-hydroxylation sites is 3. The van der Waals surface area contributed by atoms with Crippen molar-refractivity contribution in [3.8, 4) is 5.69 Å². The summed E-state index contributed by atoms with van der Waals surface area (Å²) in [6.45, 7) is 0. The third kappa shape index (κ3) is 4.17. The fourth-order valence-electron chi connectivity index (χ4n) is 8.22. The number of rotatable bonds is 3. The van der Waals surface area contributed by atoms with Crippen molar-refractivity contribution in [1.29, 1.82) is 0 Å². The number of nitrogens with zero attached hydrogens (tertiary/aromatic N) is 3. The van der Waals surface area contributed by atoms with Crippen molar-refractivity contribution in [2.45, 2.75) is 12.3 Å². The molecule has 0 aliphatic carbocycles. The highest BCUT2D eigenvalue weighted by Gasteiger charge is 2.30. The SMILES string of the molecule is c1ccc(C2N=C(n3c4ccc5oc6ccccc6c5c4c4ccc5c(c6ccccc6n5-c5ccccc5)c43)NC(c3ccccc3)N2)cc1. The van der Waals surface area contributed by atoms with E-state index in [1.807, 2.05) is 6.07 Å². The average Bonchev–Trinajstić information content (AvgIpc) is 3.86. The molecule has 2 unspecified atom stereocenters. The van der Waals surface area contributed by atoms with Gasteiger partial charge in [0.15, 0.2) is 0 Å². The summed E-state index contributed by atoms with van der Waals surface area (Å²) in [5.41, 5.74) is 9.60. The van der Waals surface area contributed by atoms with Crippen molar-refractivity contribution in [2.24, 2.45) is 4.99 Å².